The summed E-state index contributed by atoms with van der Waals surface area (Å²) in [6, 6.07) is 12.2. The highest BCUT2D eigenvalue weighted by atomic mass is 79.9. The molecule has 0 radical (unpaired) electrons. The second kappa shape index (κ2) is 6.12. The van der Waals surface area contributed by atoms with Crippen molar-refractivity contribution in [2.75, 3.05) is 24.5 Å². The maximum atomic E-state index is 14.3. The molecule has 1 N–H and O–H groups in total. The van der Waals surface area contributed by atoms with Gasteiger partial charge in [0.2, 0.25) is 0 Å². The van der Waals surface area contributed by atoms with E-state index in [2.05, 4.69) is 21.2 Å². The molecule has 1 heterocycles. The summed E-state index contributed by atoms with van der Waals surface area (Å²) in [5, 5.41) is 3.33. The Labute approximate surface area is 130 Å². The molecule has 1 aliphatic heterocycles. The zero-order valence-corrected chi connectivity index (χ0v) is 12.9. The molecule has 0 bridgehead atoms. The van der Waals surface area contributed by atoms with Crippen molar-refractivity contribution in [2.24, 2.45) is 0 Å². The largest absolute Gasteiger partial charge is 0.359 e. The number of hydrogen-bond acceptors (Lipinski definition) is 2. The van der Waals surface area contributed by atoms with Gasteiger partial charge in [-0.2, -0.15) is 0 Å². The molecule has 2 aromatic rings. The van der Waals surface area contributed by atoms with Crippen molar-refractivity contribution in [1.29, 1.82) is 0 Å². The van der Waals surface area contributed by atoms with E-state index in [9.17, 15) is 8.78 Å². The van der Waals surface area contributed by atoms with Gasteiger partial charge < -0.3 is 10.2 Å². The molecular weight excluding hydrogens is 338 g/mol. The molecule has 0 saturated carbocycles. The maximum Gasteiger partial charge on any atom is 0.150 e. The molecule has 2 nitrogen and oxygen atoms in total. The van der Waals surface area contributed by atoms with Gasteiger partial charge in [0.25, 0.3) is 0 Å². The first kappa shape index (κ1) is 14.5. The lowest BCUT2D eigenvalue weighted by Gasteiger charge is -2.39. The van der Waals surface area contributed by atoms with Gasteiger partial charge in [-0.25, -0.2) is 8.78 Å². The molecule has 2 aromatic carbocycles. The van der Waals surface area contributed by atoms with E-state index in [1.807, 2.05) is 35.2 Å². The highest BCUT2D eigenvalue weighted by molar-refractivity contribution is 9.10. The first-order chi connectivity index (χ1) is 10.2. The molecular formula is C16H15BrF2N2. The van der Waals surface area contributed by atoms with Crippen LogP contribution in [0.15, 0.2) is 46.9 Å². The van der Waals surface area contributed by atoms with Gasteiger partial charge >= 0.3 is 0 Å². The smallest absolute Gasteiger partial charge is 0.150 e. The van der Waals surface area contributed by atoms with E-state index in [-0.39, 0.29) is 6.04 Å². The molecule has 21 heavy (non-hydrogen) atoms. The molecule has 1 aliphatic rings. The molecule has 1 saturated heterocycles. The predicted molar refractivity (Wildman–Crippen MR) is 83.5 cm³/mol. The molecule has 110 valence electrons. The van der Waals surface area contributed by atoms with Crippen molar-refractivity contribution in [2.45, 2.75) is 6.04 Å². The normalized spacial score (nSPS) is 18.8. The highest BCUT2D eigenvalue weighted by Crippen LogP contribution is 2.36. The highest BCUT2D eigenvalue weighted by Gasteiger charge is 2.27. The van der Waals surface area contributed by atoms with E-state index < -0.39 is 11.6 Å². The summed E-state index contributed by atoms with van der Waals surface area (Å²) in [7, 11) is 0. The minimum Gasteiger partial charge on any atom is -0.359 e. The first-order valence-electron chi connectivity index (χ1n) is 6.83. The van der Waals surface area contributed by atoms with Crippen LogP contribution in [0, 0.1) is 11.6 Å². The summed E-state index contributed by atoms with van der Waals surface area (Å²) >= 11 is 3.29. The molecule has 0 spiro atoms. The lowest BCUT2D eigenvalue weighted by molar-refractivity contribution is 0.478. The minimum absolute atomic E-state index is 0.0243. The lowest BCUT2D eigenvalue weighted by atomic mass is 10.0. The number of hydrogen-bond donors (Lipinski definition) is 1. The Morgan fingerprint density at radius 1 is 1.14 bits per heavy atom. The second-order valence-electron chi connectivity index (χ2n) is 5.04. The van der Waals surface area contributed by atoms with Crippen LogP contribution < -0.4 is 10.2 Å². The van der Waals surface area contributed by atoms with Crippen LogP contribution in [0.3, 0.4) is 0 Å². The molecule has 1 atom stereocenters. The van der Waals surface area contributed by atoms with E-state index in [4.69, 9.17) is 0 Å². The monoisotopic (exact) mass is 352 g/mol. The number of piperazine rings is 1. The Balaban J connectivity index is 2.03. The van der Waals surface area contributed by atoms with E-state index in [1.165, 1.54) is 6.07 Å². The van der Waals surface area contributed by atoms with Gasteiger partial charge in [-0.3, -0.25) is 0 Å². The zero-order chi connectivity index (χ0) is 14.8. The lowest BCUT2D eigenvalue weighted by Crippen LogP contribution is -2.46. The minimum atomic E-state index is -0.575. The molecule has 0 aromatic heterocycles. The quantitative estimate of drug-likeness (QED) is 0.882. The topological polar surface area (TPSA) is 15.3 Å². The van der Waals surface area contributed by atoms with E-state index in [0.717, 1.165) is 24.7 Å². The zero-order valence-electron chi connectivity index (χ0n) is 11.3. The summed E-state index contributed by atoms with van der Waals surface area (Å²) in [4.78, 5) is 1.99. The molecule has 0 aliphatic carbocycles. The fourth-order valence-electron chi connectivity index (χ4n) is 2.75. The van der Waals surface area contributed by atoms with Crippen LogP contribution >= 0.6 is 15.9 Å². The molecule has 3 rings (SSSR count). The molecule has 0 amide bonds. The van der Waals surface area contributed by atoms with Gasteiger partial charge in [0.15, 0.2) is 5.82 Å². The van der Waals surface area contributed by atoms with Crippen molar-refractivity contribution in [1.82, 2.24) is 5.32 Å². The first-order valence-corrected chi connectivity index (χ1v) is 7.63. The van der Waals surface area contributed by atoms with Crippen LogP contribution in [0.25, 0.3) is 0 Å². The average Bonchev–Trinajstić information content (AvgIpc) is 2.48. The third-order valence-electron chi connectivity index (χ3n) is 3.70. The van der Waals surface area contributed by atoms with Crippen LogP contribution in [0.1, 0.15) is 11.6 Å². The number of nitrogens with zero attached hydrogens (tertiary/aromatic N) is 1. The molecule has 1 fully saturated rings. The Morgan fingerprint density at radius 2 is 1.90 bits per heavy atom. The third kappa shape index (κ3) is 2.94. The fourth-order valence-corrected chi connectivity index (χ4v) is 3.39. The number of nitrogens with one attached hydrogen (secondary N) is 1. The predicted octanol–water partition coefficient (Wildman–Crippen LogP) is 3.88. The number of benzene rings is 2. The van der Waals surface area contributed by atoms with Crippen molar-refractivity contribution in [3.05, 3.63) is 64.1 Å². The van der Waals surface area contributed by atoms with Gasteiger partial charge in [-0.1, -0.05) is 30.3 Å². The van der Waals surface area contributed by atoms with Gasteiger partial charge in [-0.05, 0) is 27.6 Å². The SMILES string of the molecule is Fc1cc(F)c(N2CCNCC2c2ccccc2)c(Br)c1. The average molecular weight is 353 g/mol. The van der Waals surface area contributed by atoms with Gasteiger partial charge in [0.05, 0.1) is 11.7 Å². The summed E-state index contributed by atoms with van der Waals surface area (Å²) in [6.45, 7) is 2.17. The Kier molecular flexibility index (Phi) is 4.22. The standard InChI is InChI=1S/C16H15BrF2N2/c17-13-8-12(18)9-14(19)16(13)21-7-6-20-10-15(21)11-4-2-1-3-5-11/h1-5,8-9,15,20H,6-7,10H2. The summed E-state index contributed by atoms with van der Waals surface area (Å²) in [5.41, 5.74) is 1.53. The summed E-state index contributed by atoms with van der Waals surface area (Å²) in [5.74, 6) is -1.11. The van der Waals surface area contributed by atoms with Gasteiger partial charge in [-0.15, -0.1) is 0 Å². The van der Waals surface area contributed by atoms with Crippen LogP contribution in [0.4, 0.5) is 14.5 Å². The summed E-state index contributed by atoms with van der Waals surface area (Å²) < 4.78 is 28.0. The van der Waals surface area contributed by atoms with E-state index in [1.54, 1.807) is 0 Å². The van der Waals surface area contributed by atoms with Crippen LogP contribution in [-0.4, -0.2) is 19.6 Å². The van der Waals surface area contributed by atoms with E-state index in [0.29, 0.717) is 16.7 Å². The van der Waals surface area contributed by atoms with Crippen molar-refractivity contribution < 1.29 is 8.78 Å². The van der Waals surface area contributed by atoms with Crippen molar-refractivity contribution >= 4 is 21.6 Å². The fraction of sp³-hybridized carbons (Fsp3) is 0.250. The Hall–Kier alpha value is -1.46. The number of halogens is 3. The third-order valence-corrected chi connectivity index (χ3v) is 4.30. The van der Waals surface area contributed by atoms with Crippen LogP contribution in [0.5, 0.6) is 0 Å². The van der Waals surface area contributed by atoms with Crippen LogP contribution in [-0.2, 0) is 0 Å². The summed E-state index contributed by atoms with van der Waals surface area (Å²) in [6.07, 6.45) is 0. The number of anilines is 1. The Bertz CT molecular complexity index is 610. The molecule has 1 unspecified atom stereocenters. The van der Waals surface area contributed by atoms with E-state index >= 15 is 0 Å². The van der Waals surface area contributed by atoms with Gasteiger partial charge in [0.1, 0.15) is 5.82 Å². The maximum absolute atomic E-state index is 14.3. The Morgan fingerprint density at radius 3 is 2.62 bits per heavy atom. The van der Waals surface area contributed by atoms with Crippen LogP contribution in [0.2, 0.25) is 0 Å². The second-order valence-corrected chi connectivity index (χ2v) is 5.90. The van der Waals surface area contributed by atoms with Crippen molar-refractivity contribution in [3.8, 4) is 0 Å². The molecule has 5 heteroatoms. The number of rotatable bonds is 2. The van der Waals surface area contributed by atoms with Gasteiger partial charge in [0, 0.05) is 30.2 Å². The van der Waals surface area contributed by atoms with Crippen molar-refractivity contribution in [3.63, 3.8) is 0 Å².